The first kappa shape index (κ1) is 20.8. The van der Waals surface area contributed by atoms with Crippen molar-refractivity contribution in [3.8, 4) is 0 Å². The second kappa shape index (κ2) is 10.6. The lowest BCUT2D eigenvalue weighted by Gasteiger charge is -2.22. The standard InChI is InChI=1S/C17H23FN4S.HI/c1-13-12-23-16(21-13)8-5-9-20-17(19-2)22(3)11-14-6-4-7-15(18)10-14;/h4,6-7,10,12H,5,8-9,11H2,1-3H3,(H,19,20);1H. The third-order valence-electron chi connectivity index (χ3n) is 3.40. The number of nitrogens with one attached hydrogen (secondary N) is 1. The molecule has 4 nitrogen and oxygen atoms in total. The van der Waals surface area contributed by atoms with Crippen LogP contribution in [0.25, 0.3) is 0 Å². The van der Waals surface area contributed by atoms with Crippen LogP contribution in [0.2, 0.25) is 0 Å². The lowest BCUT2D eigenvalue weighted by molar-refractivity contribution is 0.474. The SMILES string of the molecule is CN=C(NCCCc1nc(C)cs1)N(C)Cc1cccc(F)c1.I. The van der Waals surface area contributed by atoms with Crippen molar-refractivity contribution in [2.24, 2.45) is 4.99 Å². The van der Waals surface area contributed by atoms with Crippen LogP contribution in [0.5, 0.6) is 0 Å². The molecular formula is C17H24FIN4S. The Morgan fingerprint density at radius 1 is 1.42 bits per heavy atom. The van der Waals surface area contributed by atoms with Crippen LogP contribution in [0.4, 0.5) is 4.39 Å². The van der Waals surface area contributed by atoms with Gasteiger partial charge in [-0.25, -0.2) is 9.37 Å². The zero-order valence-electron chi connectivity index (χ0n) is 14.3. The summed E-state index contributed by atoms with van der Waals surface area (Å²) in [5.74, 6) is 0.599. The van der Waals surface area contributed by atoms with E-state index < -0.39 is 0 Å². The second-order valence-corrected chi connectivity index (χ2v) is 6.39. The third-order valence-corrected chi connectivity index (χ3v) is 4.43. The van der Waals surface area contributed by atoms with E-state index in [4.69, 9.17) is 0 Å². The van der Waals surface area contributed by atoms with Gasteiger partial charge in [-0.3, -0.25) is 4.99 Å². The van der Waals surface area contributed by atoms with Crippen LogP contribution in [0.3, 0.4) is 0 Å². The number of nitrogens with zero attached hydrogens (tertiary/aromatic N) is 3. The maximum atomic E-state index is 13.2. The Kier molecular flexibility index (Phi) is 9.20. The van der Waals surface area contributed by atoms with Gasteiger partial charge in [-0.1, -0.05) is 12.1 Å². The summed E-state index contributed by atoms with van der Waals surface area (Å²) < 4.78 is 13.2. The molecule has 0 aliphatic heterocycles. The van der Waals surface area contributed by atoms with Crippen LogP contribution in [-0.2, 0) is 13.0 Å². The van der Waals surface area contributed by atoms with Crippen molar-refractivity contribution in [2.75, 3.05) is 20.6 Å². The minimum atomic E-state index is -0.211. The summed E-state index contributed by atoms with van der Waals surface area (Å²) in [5, 5.41) is 6.59. The fraction of sp³-hybridized carbons (Fsp3) is 0.412. The maximum Gasteiger partial charge on any atom is 0.193 e. The number of halogens is 2. The Morgan fingerprint density at radius 3 is 2.83 bits per heavy atom. The highest BCUT2D eigenvalue weighted by atomic mass is 127. The monoisotopic (exact) mass is 462 g/mol. The predicted molar refractivity (Wildman–Crippen MR) is 110 cm³/mol. The van der Waals surface area contributed by atoms with Crippen molar-refractivity contribution in [3.05, 3.63) is 51.7 Å². The van der Waals surface area contributed by atoms with Crippen LogP contribution in [0.1, 0.15) is 22.7 Å². The molecule has 0 fully saturated rings. The van der Waals surface area contributed by atoms with Gasteiger partial charge in [0.2, 0.25) is 0 Å². The molecule has 0 unspecified atom stereocenters. The van der Waals surface area contributed by atoms with E-state index in [1.54, 1.807) is 30.5 Å². The minimum Gasteiger partial charge on any atom is -0.356 e. The molecule has 24 heavy (non-hydrogen) atoms. The number of hydrogen-bond donors (Lipinski definition) is 1. The highest BCUT2D eigenvalue weighted by Gasteiger charge is 2.07. The summed E-state index contributed by atoms with van der Waals surface area (Å²) in [4.78, 5) is 10.7. The van der Waals surface area contributed by atoms with E-state index in [0.29, 0.717) is 6.54 Å². The Labute approximate surface area is 164 Å². The molecule has 132 valence electrons. The summed E-state index contributed by atoms with van der Waals surface area (Å²) in [6.07, 6.45) is 1.97. The Hall–Kier alpha value is -1.22. The lowest BCUT2D eigenvalue weighted by Crippen LogP contribution is -2.39. The molecule has 0 radical (unpaired) electrons. The van der Waals surface area contributed by atoms with Gasteiger partial charge in [0.15, 0.2) is 5.96 Å². The van der Waals surface area contributed by atoms with Gasteiger partial charge in [-0.2, -0.15) is 0 Å². The predicted octanol–water partition coefficient (Wildman–Crippen LogP) is 3.85. The quantitative estimate of drug-likeness (QED) is 0.307. The van der Waals surface area contributed by atoms with Crippen molar-refractivity contribution < 1.29 is 4.39 Å². The van der Waals surface area contributed by atoms with Crippen LogP contribution in [0, 0.1) is 12.7 Å². The van der Waals surface area contributed by atoms with Crippen molar-refractivity contribution in [1.82, 2.24) is 15.2 Å². The van der Waals surface area contributed by atoms with Gasteiger partial charge in [-0.05, 0) is 31.0 Å². The normalized spacial score (nSPS) is 11.1. The Morgan fingerprint density at radius 2 is 2.21 bits per heavy atom. The van der Waals surface area contributed by atoms with Crippen LogP contribution >= 0.6 is 35.3 Å². The molecular weight excluding hydrogens is 438 g/mol. The Bertz CT molecular complexity index is 660. The molecule has 0 atom stereocenters. The first-order valence-electron chi connectivity index (χ1n) is 7.65. The number of aliphatic imine (C=N–C) groups is 1. The summed E-state index contributed by atoms with van der Waals surface area (Å²) in [7, 11) is 3.71. The smallest absolute Gasteiger partial charge is 0.193 e. The first-order chi connectivity index (χ1) is 11.1. The van der Waals surface area contributed by atoms with Gasteiger partial charge in [0, 0.05) is 44.7 Å². The van der Waals surface area contributed by atoms with Crippen LogP contribution in [0.15, 0.2) is 34.6 Å². The van der Waals surface area contributed by atoms with E-state index in [0.717, 1.165) is 36.6 Å². The molecule has 0 aliphatic carbocycles. The summed E-state index contributed by atoms with van der Waals surface area (Å²) in [6, 6.07) is 6.65. The second-order valence-electron chi connectivity index (χ2n) is 5.45. The molecule has 0 aliphatic rings. The molecule has 2 rings (SSSR count). The molecule has 1 N–H and O–H groups in total. The van der Waals surface area contributed by atoms with Crippen molar-refractivity contribution in [2.45, 2.75) is 26.3 Å². The summed E-state index contributed by atoms with van der Waals surface area (Å²) in [6.45, 7) is 3.46. The van der Waals surface area contributed by atoms with E-state index >= 15 is 0 Å². The number of thiazole rings is 1. The molecule has 2 aromatic rings. The van der Waals surface area contributed by atoms with E-state index in [9.17, 15) is 4.39 Å². The largest absolute Gasteiger partial charge is 0.356 e. The Balaban J connectivity index is 0.00000288. The van der Waals surface area contributed by atoms with E-state index in [1.807, 2.05) is 24.9 Å². The molecule has 0 bridgehead atoms. The lowest BCUT2D eigenvalue weighted by atomic mass is 10.2. The van der Waals surface area contributed by atoms with Crippen LogP contribution in [-0.4, -0.2) is 36.5 Å². The topological polar surface area (TPSA) is 40.5 Å². The van der Waals surface area contributed by atoms with Crippen molar-refractivity contribution in [3.63, 3.8) is 0 Å². The average Bonchev–Trinajstić information content (AvgIpc) is 2.92. The number of benzene rings is 1. The number of hydrogen-bond acceptors (Lipinski definition) is 3. The van der Waals surface area contributed by atoms with Gasteiger partial charge in [-0.15, -0.1) is 35.3 Å². The van der Waals surface area contributed by atoms with Gasteiger partial charge >= 0.3 is 0 Å². The zero-order chi connectivity index (χ0) is 16.7. The number of rotatable bonds is 6. The van der Waals surface area contributed by atoms with Gasteiger partial charge in [0.1, 0.15) is 5.82 Å². The maximum absolute atomic E-state index is 13.2. The van der Waals surface area contributed by atoms with Crippen LogP contribution < -0.4 is 5.32 Å². The van der Waals surface area contributed by atoms with Gasteiger partial charge in [0.05, 0.1) is 5.01 Å². The molecule has 1 aromatic heterocycles. The molecule has 0 amide bonds. The average molecular weight is 462 g/mol. The fourth-order valence-corrected chi connectivity index (χ4v) is 3.14. The van der Waals surface area contributed by atoms with E-state index in [1.165, 1.54) is 11.1 Å². The molecule has 0 saturated carbocycles. The fourth-order valence-electron chi connectivity index (χ4n) is 2.33. The highest BCUT2D eigenvalue weighted by Crippen LogP contribution is 2.10. The molecule has 1 heterocycles. The van der Waals surface area contributed by atoms with E-state index in [-0.39, 0.29) is 29.8 Å². The number of aryl methyl sites for hydroxylation is 2. The molecule has 0 saturated heterocycles. The first-order valence-corrected chi connectivity index (χ1v) is 8.53. The summed E-state index contributed by atoms with van der Waals surface area (Å²) in [5.41, 5.74) is 2.01. The van der Waals surface area contributed by atoms with Crippen molar-refractivity contribution in [1.29, 1.82) is 0 Å². The van der Waals surface area contributed by atoms with Gasteiger partial charge < -0.3 is 10.2 Å². The zero-order valence-corrected chi connectivity index (χ0v) is 17.4. The molecule has 0 spiro atoms. The molecule has 1 aromatic carbocycles. The van der Waals surface area contributed by atoms with Gasteiger partial charge in [0.25, 0.3) is 0 Å². The third kappa shape index (κ3) is 6.72. The number of guanidine groups is 1. The molecule has 7 heteroatoms. The summed E-state index contributed by atoms with van der Waals surface area (Å²) >= 11 is 1.71. The number of aromatic nitrogens is 1. The van der Waals surface area contributed by atoms with Crippen molar-refractivity contribution >= 4 is 41.3 Å². The minimum absolute atomic E-state index is 0. The van der Waals surface area contributed by atoms with E-state index in [2.05, 4.69) is 20.7 Å². The highest BCUT2D eigenvalue weighted by molar-refractivity contribution is 14.0.